The molecular weight excluding hydrogens is 244 g/mol. The van der Waals surface area contributed by atoms with E-state index < -0.39 is 6.10 Å². The second kappa shape index (κ2) is 6.11. The normalized spacial score (nSPS) is 12.8. The van der Waals surface area contributed by atoms with Gasteiger partial charge in [-0.3, -0.25) is 4.98 Å². The maximum Gasteiger partial charge on any atom is 0.108 e. The van der Waals surface area contributed by atoms with Crippen molar-refractivity contribution >= 4 is 15.9 Å². The lowest BCUT2D eigenvalue weighted by molar-refractivity contribution is 0.170. The Morgan fingerprint density at radius 1 is 1.57 bits per heavy atom. The number of nitrogens with zero attached hydrogens (tertiary/aromatic N) is 1. The van der Waals surface area contributed by atoms with Crippen LogP contribution in [-0.4, -0.2) is 23.2 Å². The fraction of sp³-hybridized carbons (Fsp3) is 0.500. The van der Waals surface area contributed by atoms with Crippen molar-refractivity contribution in [2.45, 2.75) is 19.4 Å². The van der Waals surface area contributed by atoms with E-state index in [2.05, 4.69) is 33.2 Å². The zero-order chi connectivity index (χ0) is 10.4. The highest BCUT2D eigenvalue weighted by Gasteiger charge is 2.07. The third-order valence-electron chi connectivity index (χ3n) is 1.86. The summed E-state index contributed by atoms with van der Waals surface area (Å²) >= 11 is 3.30. The molecule has 3 nitrogen and oxygen atoms in total. The highest BCUT2D eigenvalue weighted by atomic mass is 79.9. The first kappa shape index (κ1) is 11.6. The van der Waals surface area contributed by atoms with Crippen molar-refractivity contribution in [3.8, 4) is 0 Å². The molecule has 2 N–H and O–H groups in total. The highest BCUT2D eigenvalue weighted by Crippen LogP contribution is 2.12. The second-order valence-electron chi connectivity index (χ2n) is 3.12. The molecular formula is C10H15BrN2O. The minimum absolute atomic E-state index is 0.519. The van der Waals surface area contributed by atoms with Gasteiger partial charge in [-0.1, -0.05) is 6.92 Å². The van der Waals surface area contributed by atoms with Crippen molar-refractivity contribution in [3.05, 3.63) is 28.5 Å². The van der Waals surface area contributed by atoms with Crippen LogP contribution in [0.5, 0.6) is 0 Å². The van der Waals surface area contributed by atoms with Gasteiger partial charge < -0.3 is 10.4 Å². The van der Waals surface area contributed by atoms with E-state index in [-0.39, 0.29) is 0 Å². The third-order valence-corrected chi connectivity index (χ3v) is 2.33. The summed E-state index contributed by atoms with van der Waals surface area (Å²) in [7, 11) is 0. The van der Waals surface area contributed by atoms with Gasteiger partial charge in [0.1, 0.15) is 6.10 Å². The molecule has 1 aromatic rings. The van der Waals surface area contributed by atoms with Gasteiger partial charge in [-0.05, 0) is 41.0 Å². The van der Waals surface area contributed by atoms with E-state index in [0.717, 1.165) is 17.4 Å². The first-order valence-electron chi connectivity index (χ1n) is 4.74. The molecule has 0 radical (unpaired) electrons. The van der Waals surface area contributed by atoms with Crippen molar-refractivity contribution < 1.29 is 5.11 Å². The predicted octanol–water partition coefficient (Wildman–Crippen LogP) is 1.88. The number of aliphatic hydroxyl groups excluding tert-OH is 1. The van der Waals surface area contributed by atoms with E-state index in [0.29, 0.717) is 12.2 Å². The molecule has 1 aromatic heterocycles. The monoisotopic (exact) mass is 258 g/mol. The molecule has 0 amide bonds. The molecule has 0 aromatic carbocycles. The molecule has 1 rings (SSSR count). The Hall–Kier alpha value is -0.450. The Morgan fingerprint density at radius 2 is 2.36 bits per heavy atom. The van der Waals surface area contributed by atoms with Crippen molar-refractivity contribution in [2.75, 3.05) is 13.1 Å². The lowest BCUT2D eigenvalue weighted by atomic mass is 10.2. The molecule has 14 heavy (non-hydrogen) atoms. The first-order valence-corrected chi connectivity index (χ1v) is 5.53. The van der Waals surface area contributed by atoms with Gasteiger partial charge in [0.15, 0.2) is 0 Å². The number of rotatable bonds is 5. The summed E-state index contributed by atoms with van der Waals surface area (Å²) in [5, 5.41) is 12.8. The molecule has 4 heteroatoms. The number of aliphatic hydroxyl groups is 1. The molecule has 0 bridgehead atoms. The van der Waals surface area contributed by atoms with Gasteiger partial charge in [-0.25, -0.2) is 0 Å². The Kier molecular flexibility index (Phi) is 5.07. The SMILES string of the molecule is CCCNCC(O)c1ccc(Br)cn1. The van der Waals surface area contributed by atoms with Crippen LogP contribution in [0.25, 0.3) is 0 Å². The minimum Gasteiger partial charge on any atom is -0.385 e. The smallest absolute Gasteiger partial charge is 0.108 e. The summed E-state index contributed by atoms with van der Waals surface area (Å²) in [6.07, 6.45) is 2.24. The number of aromatic nitrogens is 1. The summed E-state index contributed by atoms with van der Waals surface area (Å²) < 4.78 is 0.926. The van der Waals surface area contributed by atoms with Crippen molar-refractivity contribution in [1.29, 1.82) is 0 Å². The van der Waals surface area contributed by atoms with E-state index in [1.54, 1.807) is 6.20 Å². The molecule has 1 unspecified atom stereocenters. The summed E-state index contributed by atoms with van der Waals surface area (Å²) in [5.74, 6) is 0. The summed E-state index contributed by atoms with van der Waals surface area (Å²) in [6.45, 7) is 3.58. The number of hydrogen-bond acceptors (Lipinski definition) is 3. The first-order chi connectivity index (χ1) is 6.74. The zero-order valence-corrected chi connectivity index (χ0v) is 9.79. The molecule has 0 fully saturated rings. The molecule has 0 aliphatic carbocycles. The lowest BCUT2D eigenvalue weighted by Gasteiger charge is -2.10. The van der Waals surface area contributed by atoms with Gasteiger partial charge >= 0.3 is 0 Å². The van der Waals surface area contributed by atoms with E-state index in [9.17, 15) is 5.11 Å². The molecule has 78 valence electrons. The Labute approximate surface area is 92.7 Å². The van der Waals surface area contributed by atoms with E-state index >= 15 is 0 Å². The van der Waals surface area contributed by atoms with Crippen LogP contribution >= 0.6 is 15.9 Å². The van der Waals surface area contributed by atoms with Crippen LogP contribution in [0.3, 0.4) is 0 Å². The fourth-order valence-corrected chi connectivity index (χ4v) is 1.34. The Morgan fingerprint density at radius 3 is 2.93 bits per heavy atom. The summed E-state index contributed by atoms with van der Waals surface area (Å²) in [6, 6.07) is 3.70. The number of pyridine rings is 1. The maximum absolute atomic E-state index is 9.70. The van der Waals surface area contributed by atoms with Crippen LogP contribution in [0.15, 0.2) is 22.8 Å². The van der Waals surface area contributed by atoms with Gasteiger partial charge in [0.25, 0.3) is 0 Å². The average Bonchev–Trinajstić information content (AvgIpc) is 2.19. The largest absolute Gasteiger partial charge is 0.385 e. The van der Waals surface area contributed by atoms with Gasteiger partial charge in [-0.2, -0.15) is 0 Å². The molecule has 0 aliphatic heterocycles. The standard InChI is InChI=1S/C10H15BrN2O/c1-2-5-12-7-10(14)9-4-3-8(11)6-13-9/h3-4,6,10,12,14H,2,5,7H2,1H3. The third kappa shape index (κ3) is 3.74. The van der Waals surface area contributed by atoms with Crippen molar-refractivity contribution in [1.82, 2.24) is 10.3 Å². The minimum atomic E-state index is -0.519. The van der Waals surface area contributed by atoms with Crippen molar-refractivity contribution in [2.24, 2.45) is 0 Å². The van der Waals surface area contributed by atoms with Crippen LogP contribution in [0.1, 0.15) is 25.1 Å². The Bertz CT molecular complexity index is 263. The van der Waals surface area contributed by atoms with Crippen LogP contribution in [0.2, 0.25) is 0 Å². The average molecular weight is 259 g/mol. The molecule has 0 aliphatic rings. The second-order valence-corrected chi connectivity index (χ2v) is 4.04. The number of nitrogens with one attached hydrogen (secondary N) is 1. The Balaban J connectivity index is 2.43. The van der Waals surface area contributed by atoms with Gasteiger partial charge in [0.2, 0.25) is 0 Å². The predicted molar refractivity (Wildman–Crippen MR) is 60.1 cm³/mol. The van der Waals surface area contributed by atoms with Gasteiger partial charge in [0, 0.05) is 17.2 Å². The highest BCUT2D eigenvalue weighted by molar-refractivity contribution is 9.10. The molecule has 0 spiro atoms. The fourth-order valence-electron chi connectivity index (χ4n) is 1.10. The van der Waals surface area contributed by atoms with E-state index in [1.807, 2.05) is 12.1 Å². The summed E-state index contributed by atoms with van der Waals surface area (Å²) in [4.78, 5) is 4.12. The lowest BCUT2D eigenvalue weighted by Crippen LogP contribution is -2.22. The van der Waals surface area contributed by atoms with Gasteiger partial charge in [-0.15, -0.1) is 0 Å². The van der Waals surface area contributed by atoms with Crippen LogP contribution in [0.4, 0.5) is 0 Å². The number of halogens is 1. The van der Waals surface area contributed by atoms with Crippen molar-refractivity contribution in [3.63, 3.8) is 0 Å². The van der Waals surface area contributed by atoms with E-state index in [4.69, 9.17) is 0 Å². The summed E-state index contributed by atoms with van der Waals surface area (Å²) in [5.41, 5.74) is 0.705. The molecule has 0 saturated carbocycles. The van der Waals surface area contributed by atoms with Crippen LogP contribution < -0.4 is 5.32 Å². The molecule has 1 atom stereocenters. The molecule has 1 heterocycles. The van der Waals surface area contributed by atoms with Gasteiger partial charge in [0.05, 0.1) is 5.69 Å². The topological polar surface area (TPSA) is 45.1 Å². The number of hydrogen-bond donors (Lipinski definition) is 2. The molecule has 0 saturated heterocycles. The quantitative estimate of drug-likeness (QED) is 0.793. The zero-order valence-electron chi connectivity index (χ0n) is 8.20. The van der Waals surface area contributed by atoms with E-state index in [1.165, 1.54) is 0 Å². The maximum atomic E-state index is 9.70. The van der Waals surface area contributed by atoms with Crippen LogP contribution in [0, 0.1) is 0 Å². The van der Waals surface area contributed by atoms with Crippen LogP contribution in [-0.2, 0) is 0 Å².